The zero-order valence-corrected chi connectivity index (χ0v) is 15.5. The van der Waals surface area contributed by atoms with Gasteiger partial charge in [-0.15, -0.1) is 0 Å². The van der Waals surface area contributed by atoms with Crippen LogP contribution in [0.5, 0.6) is 0 Å². The van der Waals surface area contributed by atoms with E-state index in [2.05, 4.69) is 14.0 Å². The van der Waals surface area contributed by atoms with E-state index >= 15 is 0 Å². The summed E-state index contributed by atoms with van der Waals surface area (Å²) in [4.78, 5) is 33.7. The highest BCUT2D eigenvalue weighted by molar-refractivity contribution is 7.70. The molecule has 0 aliphatic carbocycles. The van der Waals surface area contributed by atoms with Gasteiger partial charge in [0.1, 0.15) is 11.9 Å². The van der Waals surface area contributed by atoms with Gasteiger partial charge in [-0.05, 0) is 6.07 Å². The molecule has 0 spiro atoms. The topological polar surface area (TPSA) is 183 Å². The van der Waals surface area contributed by atoms with Crippen LogP contribution in [0.25, 0.3) is 0 Å². The van der Waals surface area contributed by atoms with Crippen LogP contribution in [0.1, 0.15) is 6.23 Å². The van der Waals surface area contributed by atoms with Crippen LogP contribution in [0.3, 0.4) is 0 Å². The Labute approximate surface area is 150 Å². The molecule has 0 aromatic carbocycles. The maximum absolute atomic E-state index is 14.3. The van der Waals surface area contributed by atoms with Crippen molar-refractivity contribution >= 4 is 21.0 Å². The molecule has 0 amide bonds. The van der Waals surface area contributed by atoms with Gasteiger partial charge in [-0.25, -0.2) is 4.79 Å². The molecule has 0 saturated carbocycles. The maximum atomic E-state index is 14.3. The first-order valence-electron chi connectivity index (χ1n) is 7.19. The first-order chi connectivity index (χ1) is 12.3. The summed E-state index contributed by atoms with van der Waals surface area (Å²) < 4.78 is 65.6. The highest BCUT2D eigenvalue weighted by Gasteiger charge is 2.60. The number of ether oxygens (including phenoxy) is 1. The van der Waals surface area contributed by atoms with Crippen molar-refractivity contribution in [2.45, 2.75) is 24.4 Å². The third-order valence-corrected chi connectivity index (χ3v) is 7.55. The van der Waals surface area contributed by atoms with Gasteiger partial charge >= 0.3 is 26.8 Å². The van der Waals surface area contributed by atoms with Gasteiger partial charge in [0.2, 0.25) is 6.23 Å². The molecule has 12 nitrogen and oxygen atoms in total. The zero-order chi connectivity index (χ0) is 20.6. The second kappa shape index (κ2) is 7.64. The number of aliphatic hydroxyl groups is 1. The smallest absolute Gasteiger partial charge is 0.351 e. The molecule has 1 aromatic heterocycles. The lowest BCUT2D eigenvalue weighted by Crippen LogP contribution is -2.41. The minimum Gasteiger partial charge on any atom is -0.384 e. The molecule has 2 rings (SSSR count). The van der Waals surface area contributed by atoms with Gasteiger partial charge in [0.25, 0.3) is 0 Å². The number of hydrogen-bond acceptors (Lipinski definition) is 9. The SMILES string of the molecule is COP(=O)(O)CP(=O)(O)OC[C@H]1O[C@@H](n2ccc(N)nc2=O)C(F)(F)C1O. The summed E-state index contributed by atoms with van der Waals surface area (Å²) in [5.41, 5.74) is 4.11. The Morgan fingerprint density at radius 2 is 2.04 bits per heavy atom. The molecule has 5 atom stereocenters. The maximum Gasteiger partial charge on any atom is 0.351 e. The number of alkyl halides is 2. The molecule has 1 aromatic rings. The molecule has 16 heteroatoms. The molecule has 3 unspecified atom stereocenters. The number of nitrogens with zero attached hydrogens (tertiary/aromatic N) is 2. The number of aromatic nitrogens is 2. The highest BCUT2D eigenvalue weighted by Crippen LogP contribution is 2.58. The fourth-order valence-electron chi connectivity index (χ4n) is 2.22. The fourth-order valence-corrected chi connectivity index (χ4v) is 5.20. The number of nitrogen functional groups attached to an aromatic ring is 1. The first kappa shape index (κ1) is 22.1. The number of hydrogen-bond donors (Lipinski definition) is 4. The third-order valence-electron chi connectivity index (χ3n) is 3.57. The van der Waals surface area contributed by atoms with Crippen molar-refractivity contribution in [3.8, 4) is 0 Å². The summed E-state index contributed by atoms with van der Waals surface area (Å²) in [5.74, 6) is -5.49. The second-order valence-corrected chi connectivity index (χ2v) is 9.89. The predicted molar refractivity (Wildman–Crippen MR) is 85.3 cm³/mol. The summed E-state index contributed by atoms with van der Waals surface area (Å²) >= 11 is 0. The fraction of sp³-hybridized carbons (Fsp3) is 0.636. The van der Waals surface area contributed by atoms with Crippen LogP contribution in [0.15, 0.2) is 17.1 Å². The van der Waals surface area contributed by atoms with E-state index < -0.39 is 57.7 Å². The van der Waals surface area contributed by atoms with E-state index in [-0.39, 0.29) is 5.82 Å². The number of rotatable bonds is 7. The summed E-state index contributed by atoms with van der Waals surface area (Å²) in [7, 11) is -8.33. The van der Waals surface area contributed by atoms with Crippen molar-refractivity contribution < 1.29 is 46.6 Å². The van der Waals surface area contributed by atoms with Crippen molar-refractivity contribution in [2.24, 2.45) is 0 Å². The van der Waals surface area contributed by atoms with Crippen molar-refractivity contribution in [1.29, 1.82) is 0 Å². The number of halogens is 2. The van der Waals surface area contributed by atoms with Crippen LogP contribution >= 0.6 is 15.2 Å². The second-order valence-electron chi connectivity index (χ2n) is 5.58. The molecular weight excluding hydrogens is 418 g/mol. The van der Waals surface area contributed by atoms with Crippen LogP contribution < -0.4 is 11.4 Å². The Morgan fingerprint density at radius 1 is 1.41 bits per heavy atom. The van der Waals surface area contributed by atoms with Gasteiger partial charge in [-0.1, -0.05) is 0 Å². The molecule has 154 valence electrons. The molecular formula is C11H17F2N3O9P2. The van der Waals surface area contributed by atoms with E-state index in [1.807, 2.05) is 0 Å². The van der Waals surface area contributed by atoms with Crippen LogP contribution in [0, 0.1) is 0 Å². The molecule has 27 heavy (non-hydrogen) atoms. The van der Waals surface area contributed by atoms with E-state index in [4.69, 9.17) is 10.5 Å². The Balaban J connectivity index is 2.15. The molecule has 1 aliphatic heterocycles. The van der Waals surface area contributed by atoms with Crippen LogP contribution in [-0.4, -0.2) is 62.2 Å². The Morgan fingerprint density at radius 3 is 2.59 bits per heavy atom. The average molecular weight is 435 g/mol. The number of aliphatic hydroxyl groups excluding tert-OH is 1. The largest absolute Gasteiger partial charge is 0.384 e. The highest BCUT2D eigenvalue weighted by atomic mass is 31.2. The zero-order valence-electron chi connectivity index (χ0n) is 13.7. The monoisotopic (exact) mass is 435 g/mol. The summed E-state index contributed by atoms with van der Waals surface area (Å²) in [6.45, 7) is -1.03. The van der Waals surface area contributed by atoms with Gasteiger partial charge in [0.05, 0.1) is 6.61 Å². The van der Waals surface area contributed by atoms with Crippen LogP contribution in [0.2, 0.25) is 0 Å². The minimum atomic E-state index is -4.73. The lowest BCUT2D eigenvalue weighted by Gasteiger charge is -2.20. The lowest BCUT2D eigenvalue weighted by atomic mass is 10.1. The third kappa shape index (κ3) is 4.98. The van der Waals surface area contributed by atoms with E-state index in [1.165, 1.54) is 0 Å². The predicted octanol–water partition coefficient (Wildman–Crippen LogP) is -0.290. The van der Waals surface area contributed by atoms with E-state index in [1.54, 1.807) is 0 Å². The molecule has 1 fully saturated rings. The van der Waals surface area contributed by atoms with E-state index in [0.29, 0.717) is 4.57 Å². The first-order valence-corrected chi connectivity index (χ1v) is 10.7. The standard InChI is InChI=1S/C11H17F2N3O9P2/c1-23-26(19,20)5-27(21,22)24-4-6-8(17)11(12,13)9(25-6)16-3-2-7(14)15-10(16)18/h2-3,6,8-9,17H,4-5H2,1H3,(H,19,20)(H,21,22)(H2,14,15,18)/t6-,8?,9-/m1/s1. The Bertz CT molecular complexity index is 851. The van der Waals surface area contributed by atoms with E-state index in [9.17, 15) is 37.6 Å². The van der Waals surface area contributed by atoms with Gasteiger partial charge < -0.3 is 34.4 Å². The van der Waals surface area contributed by atoms with Crippen molar-refractivity contribution in [3.63, 3.8) is 0 Å². The minimum absolute atomic E-state index is 0.217. The van der Waals surface area contributed by atoms with Gasteiger partial charge in [-0.2, -0.15) is 13.8 Å². The van der Waals surface area contributed by atoms with E-state index in [0.717, 1.165) is 19.4 Å². The quantitative estimate of drug-likeness (QED) is 0.413. The van der Waals surface area contributed by atoms with Gasteiger partial charge in [-0.3, -0.25) is 13.7 Å². The number of anilines is 1. The Kier molecular flexibility index (Phi) is 6.24. The Hall–Kier alpha value is -1.24. The van der Waals surface area contributed by atoms with Crippen molar-refractivity contribution in [3.05, 3.63) is 22.7 Å². The molecule has 0 bridgehead atoms. The molecule has 1 aliphatic rings. The molecule has 1 saturated heterocycles. The average Bonchev–Trinajstić information content (AvgIpc) is 2.75. The summed E-state index contributed by atoms with van der Waals surface area (Å²) in [6, 6.07) is 1.06. The van der Waals surface area contributed by atoms with Gasteiger partial charge in [0, 0.05) is 13.3 Å². The van der Waals surface area contributed by atoms with Crippen molar-refractivity contribution in [2.75, 3.05) is 25.4 Å². The van der Waals surface area contributed by atoms with Crippen LogP contribution in [-0.2, 0) is 22.9 Å². The lowest BCUT2D eigenvalue weighted by molar-refractivity contribution is -0.140. The number of nitrogens with two attached hydrogens (primary N) is 1. The van der Waals surface area contributed by atoms with Crippen molar-refractivity contribution in [1.82, 2.24) is 9.55 Å². The summed E-state index contributed by atoms with van der Waals surface area (Å²) in [6.07, 6.45) is -5.72. The normalized spacial score (nSPS) is 29.2. The molecule has 5 N–H and O–H groups in total. The molecule has 2 heterocycles. The van der Waals surface area contributed by atoms with Gasteiger partial charge in [0.15, 0.2) is 12.0 Å². The summed E-state index contributed by atoms with van der Waals surface area (Å²) in [5, 5.41) is 9.75. The molecule has 0 radical (unpaired) electrons. The van der Waals surface area contributed by atoms with Crippen LogP contribution in [0.4, 0.5) is 14.6 Å².